The minimum Gasteiger partial charge on any atom is -0.299 e. The number of amides is 1. The second-order valence-corrected chi connectivity index (χ2v) is 3.95. The minimum absolute atomic E-state index is 0.220. The Hall–Kier alpha value is 0.200. The van der Waals surface area contributed by atoms with Crippen molar-refractivity contribution >= 4 is 28.8 Å². The summed E-state index contributed by atoms with van der Waals surface area (Å²) in [5, 5.41) is 0. The van der Waals surface area contributed by atoms with Crippen LogP contribution in [0.4, 0.5) is 0 Å². The van der Waals surface area contributed by atoms with Crippen molar-refractivity contribution in [3.63, 3.8) is 0 Å². The largest absolute Gasteiger partial charge is 0.299 e. The van der Waals surface area contributed by atoms with Gasteiger partial charge in [0, 0.05) is 5.92 Å². The van der Waals surface area contributed by atoms with Crippen molar-refractivity contribution in [1.29, 1.82) is 0 Å². The third kappa shape index (κ3) is 2.61. The van der Waals surface area contributed by atoms with E-state index >= 15 is 0 Å². The monoisotopic (exact) mass is 267 g/mol. The lowest BCUT2D eigenvalue weighted by Gasteiger charge is -2.24. The summed E-state index contributed by atoms with van der Waals surface area (Å²) in [6, 6.07) is 0. The molecule has 0 aromatic heterocycles. The topological polar surface area (TPSA) is 29.1 Å². The molecule has 0 atom stereocenters. The Balaban J connectivity index is 2.33. The maximum absolute atomic E-state index is 11.2. The molecule has 0 aliphatic heterocycles. The fraction of sp³-hybridized carbons (Fsp3) is 0.875. The first kappa shape index (κ1) is 9.29. The van der Waals surface area contributed by atoms with Crippen LogP contribution in [0.2, 0.25) is 0 Å². The average molecular weight is 267 g/mol. The predicted molar refractivity (Wildman–Crippen MR) is 53.3 cm³/mol. The quantitative estimate of drug-likeness (QED) is 0.573. The van der Waals surface area contributed by atoms with E-state index in [0.717, 1.165) is 18.8 Å². The number of carbonyl (C=O) groups is 1. The highest BCUT2D eigenvalue weighted by molar-refractivity contribution is 14.1. The van der Waals surface area contributed by atoms with E-state index in [4.69, 9.17) is 0 Å². The molecule has 0 bridgehead atoms. The molecule has 1 amide bonds. The molecule has 0 saturated heterocycles. The molecule has 0 aromatic carbocycles. The van der Waals surface area contributed by atoms with Crippen LogP contribution in [0.3, 0.4) is 0 Å². The van der Waals surface area contributed by atoms with Crippen LogP contribution < -0.4 is 3.53 Å². The molecular formula is C8H14INO. The van der Waals surface area contributed by atoms with Gasteiger partial charge in [0.15, 0.2) is 0 Å². The van der Waals surface area contributed by atoms with Gasteiger partial charge in [0.25, 0.3) is 0 Å². The zero-order valence-electron chi connectivity index (χ0n) is 6.77. The van der Waals surface area contributed by atoms with Crippen LogP contribution in [0.1, 0.15) is 32.6 Å². The summed E-state index contributed by atoms with van der Waals surface area (Å²) in [5.74, 6) is 1.34. The van der Waals surface area contributed by atoms with Crippen molar-refractivity contribution in [2.45, 2.75) is 32.6 Å². The molecule has 1 rings (SSSR count). The molecular weight excluding hydrogens is 253 g/mol. The average Bonchev–Trinajstić information content (AvgIpc) is 2.05. The SMILES string of the molecule is CC1CCC(C(=O)NI)CC1. The van der Waals surface area contributed by atoms with Gasteiger partial charge >= 0.3 is 0 Å². The second kappa shape index (κ2) is 4.28. The second-order valence-electron chi connectivity index (χ2n) is 3.42. The fourth-order valence-electron chi connectivity index (χ4n) is 1.60. The van der Waals surface area contributed by atoms with E-state index in [9.17, 15) is 4.79 Å². The Morgan fingerprint density at radius 2 is 1.91 bits per heavy atom. The normalized spacial score (nSPS) is 31.5. The molecule has 1 aliphatic rings. The van der Waals surface area contributed by atoms with E-state index in [2.05, 4.69) is 10.5 Å². The molecule has 1 aliphatic carbocycles. The Bertz CT molecular complexity index is 141. The maximum Gasteiger partial charge on any atom is 0.231 e. The number of halogens is 1. The molecule has 1 fully saturated rings. The number of hydrogen-bond acceptors (Lipinski definition) is 1. The molecule has 1 saturated carbocycles. The molecule has 1 N–H and O–H groups in total. The van der Waals surface area contributed by atoms with Gasteiger partial charge < -0.3 is 0 Å². The molecule has 0 unspecified atom stereocenters. The van der Waals surface area contributed by atoms with E-state index in [-0.39, 0.29) is 5.91 Å². The smallest absolute Gasteiger partial charge is 0.231 e. The number of nitrogens with one attached hydrogen (secondary N) is 1. The highest BCUT2D eigenvalue weighted by Gasteiger charge is 2.23. The van der Waals surface area contributed by atoms with Crippen LogP contribution in [-0.4, -0.2) is 5.91 Å². The van der Waals surface area contributed by atoms with Gasteiger partial charge in [-0.05, 0) is 31.6 Å². The predicted octanol–water partition coefficient (Wildman–Crippen LogP) is 2.28. The summed E-state index contributed by atoms with van der Waals surface area (Å²) in [6.45, 7) is 2.26. The number of hydrogen-bond donors (Lipinski definition) is 1. The highest BCUT2D eigenvalue weighted by Crippen LogP contribution is 2.28. The number of rotatable bonds is 1. The van der Waals surface area contributed by atoms with Gasteiger partial charge in [-0.2, -0.15) is 0 Å². The van der Waals surface area contributed by atoms with Crippen LogP contribution in [0.25, 0.3) is 0 Å². The van der Waals surface area contributed by atoms with Crippen molar-refractivity contribution in [3.8, 4) is 0 Å². The van der Waals surface area contributed by atoms with Gasteiger partial charge in [-0.3, -0.25) is 8.32 Å². The first-order chi connectivity index (χ1) is 5.24. The van der Waals surface area contributed by atoms with Crippen LogP contribution >= 0.6 is 22.9 Å². The highest BCUT2D eigenvalue weighted by atomic mass is 127. The molecule has 0 spiro atoms. The van der Waals surface area contributed by atoms with Crippen molar-refractivity contribution in [1.82, 2.24) is 3.53 Å². The van der Waals surface area contributed by atoms with E-state index < -0.39 is 0 Å². The molecule has 2 nitrogen and oxygen atoms in total. The van der Waals surface area contributed by atoms with E-state index in [1.165, 1.54) is 12.8 Å². The molecule has 3 heteroatoms. The van der Waals surface area contributed by atoms with Gasteiger partial charge in [0.05, 0.1) is 22.9 Å². The zero-order valence-corrected chi connectivity index (χ0v) is 8.93. The Kier molecular flexibility index (Phi) is 3.62. The van der Waals surface area contributed by atoms with Crippen LogP contribution in [0.15, 0.2) is 0 Å². The van der Waals surface area contributed by atoms with Crippen molar-refractivity contribution in [2.75, 3.05) is 0 Å². The first-order valence-corrected chi connectivity index (χ1v) is 5.22. The van der Waals surface area contributed by atoms with Crippen LogP contribution in [-0.2, 0) is 4.79 Å². The summed E-state index contributed by atoms with van der Waals surface area (Å²) >= 11 is 1.92. The number of carbonyl (C=O) groups excluding carboxylic acids is 1. The molecule has 64 valence electrons. The molecule has 0 heterocycles. The maximum atomic E-state index is 11.2. The van der Waals surface area contributed by atoms with Crippen LogP contribution in [0.5, 0.6) is 0 Å². The molecule has 0 radical (unpaired) electrons. The van der Waals surface area contributed by atoms with E-state index in [1.54, 1.807) is 0 Å². The first-order valence-electron chi connectivity index (χ1n) is 4.14. The van der Waals surface area contributed by atoms with Crippen molar-refractivity contribution < 1.29 is 4.79 Å². The summed E-state index contributed by atoms with van der Waals surface area (Å²) in [5.41, 5.74) is 0. The molecule has 11 heavy (non-hydrogen) atoms. The lowest BCUT2D eigenvalue weighted by Crippen LogP contribution is -2.26. The summed E-state index contributed by atoms with van der Waals surface area (Å²) in [6.07, 6.45) is 4.59. The Morgan fingerprint density at radius 3 is 2.36 bits per heavy atom. The van der Waals surface area contributed by atoms with Crippen LogP contribution in [0, 0.1) is 11.8 Å². The van der Waals surface area contributed by atoms with Crippen molar-refractivity contribution in [2.24, 2.45) is 11.8 Å². The zero-order chi connectivity index (χ0) is 8.27. The summed E-state index contributed by atoms with van der Waals surface area (Å²) in [7, 11) is 0. The standard InChI is InChI=1S/C8H14INO/c1-6-2-4-7(5-3-6)8(11)10-9/h6-7H,2-5H2,1H3,(H,10,11). The van der Waals surface area contributed by atoms with E-state index in [0.29, 0.717) is 5.92 Å². The lowest BCUT2D eigenvalue weighted by atomic mass is 9.83. The van der Waals surface area contributed by atoms with Gasteiger partial charge in [0.1, 0.15) is 0 Å². The fourth-order valence-corrected chi connectivity index (χ4v) is 2.04. The van der Waals surface area contributed by atoms with Gasteiger partial charge in [0.2, 0.25) is 5.91 Å². The lowest BCUT2D eigenvalue weighted by molar-refractivity contribution is -0.123. The molecule has 0 aromatic rings. The Labute approximate surface area is 81.6 Å². The van der Waals surface area contributed by atoms with Gasteiger partial charge in [-0.1, -0.05) is 6.92 Å². The van der Waals surface area contributed by atoms with E-state index in [1.807, 2.05) is 22.9 Å². The summed E-state index contributed by atoms with van der Waals surface area (Å²) < 4.78 is 2.68. The van der Waals surface area contributed by atoms with Gasteiger partial charge in [-0.15, -0.1) is 0 Å². The van der Waals surface area contributed by atoms with Gasteiger partial charge in [-0.25, -0.2) is 0 Å². The Morgan fingerprint density at radius 1 is 1.36 bits per heavy atom. The third-order valence-electron chi connectivity index (χ3n) is 2.48. The minimum atomic E-state index is 0.220. The third-order valence-corrected chi connectivity index (χ3v) is 3.01. The summed E-state index contributed by atoms with van der Waals surface area (Å²) in [4.78, 5) is 11.2. The van der Waals surface area contributed by atoms with Crippen molar-refractivity contribution in [3.05, 3.63) is 0 Å².